The molecule has 1 unspecified atom stereocenters. The molecule has 2 aromatic rings. The molecule has 1 atom stereocenters. The minimum Gasteiger partial charge on any atom is -0.348 e. The normalized spacial score (nSPS) is 18.5. The highest BCUT2D eigenvalue weighted by molar-refractivity contribution is 6.22. The van der Waals surface area contributed by atoms with Crippen LogP contribution in [0.2, 0.25) is 0 Å². The van der Waals surface area contributed by atoms with Crippen molar-refractivity contribution in [3.8, 4) is 0 Å². The Bertz CT molecular complexity index is 824. The van der Waals surface area contributed by atoms with Gasteiger partial charge in [0.1, 0.15) is 6.54 Å². The van der Waals surface area contributed by atoms with Gasteiger partial charge >= 0.3 is 0 Å². The van der Waals surface area contributed by atoms with Crippen LogP contribution in [-0.2, 0) is 11.2 Å². The second-order valence-corrected chi connectivity index (χ2v) is 6.10. The molecule has 1 heterocycles. The monoisotopic (exact) mass is 320 g/mol. The number of hydrogen-bond donors (Lipinski definition) is 1. The number of hydrogen-bond acceptors (Lipinski definition) is 3. The summed E-state index contributed by atoms with van der Waals surface area (Å²) in [5.41, 5.74) is 3.08. The zero-order valence-corrected chi connectivity index (χ0v) is 13.0. The molecule has 120 valence electrons. The van der Waals surface area contributed by atoms with Gasteiger partial charge in [0.15, 0.2) is 0 Å². The first kappa shape index (κ1) is 14.6. The fraction of sp³-hybridized carbons (Fsp3) is 0.211. The van der Waals surface area contributed by atoms with E-state index in [0.717, 1.165) is 23.3 Å². The maximum absolute atomic E-state index is 12.3. The Morgan fingerprint density at radius 3 is 2.33 bits per heavy atom. The molecule has 24 heavy (non-hydrogen) atoms. The number of rotatable bonds is 3. The van der Waals surface area contributed by atoms with Crippen LogP contribution in [0.15, 0.2) is 48.5 Å². The van der Waals surface area contributed by atoms with Gasteiger partial charge < -0.3 is 5.32 Å². The lowest BCUT2D eigenvalue weighted by Gasteiger charge is -2.17. The molecular weight excluding hydrogens is 304 g/mol. The quantitative estimate of drug-likeness (QED) is 0.881. The summed E-state index contributed by atoms with van der Waals surface area (Å²) in [5.74, 6) is -1.12. The van der Waals surface area contributed by atoms with Crippen LogP contribution in [0, 0.1) is 0 Å². The molecule has 5 heteroatoms. The second kappa shape index (κ2) is 5.60. The largest absolute Gasteiger partial charge is 0.348 e. The van der Waals surface area contributed by atoms with Crippen LogP contribution in [0.3, 0.4) is 0 Å². The van der Waals surface area contributed by atoms with Gasteiger partial charge in [-0.25, -0.2) is 0 Å². The Hall–Kier alpha value is -2.95. The predicted octanol–water partition coefficient (Wildman–Crippen LogP) is 2.09. The number of amides is 3. The summed E-state index contributed by atoms with van der Waals surface area (Å²) in [4.78, 5) is 38.0. The molecule has 0 fully saturated rings. The van der Waals surface area contributed by atoms with Crippen LogP contribution < -0.4 is 5.32 Å². The van der Waals surface area contributed by atoms with Crippen LogP contribution in [0.1, 0.15) is 44.3 Å². The van der Waals surface area contributed by atoms with Crippen LogP contribution >= 0.6 is 0 Å². The first-order valence-corrected chi connectivity index (χ1v) is 7.97. The third kappa shape index (κ3) is 2.29. The molecule has 2 aromatic carbocycles. The van der Waals surface area contributed by atoms with Gasteiger partial charge in [-0.3, -0.25) is 19.3 Å². The van der Waals surface area contributed by atoms with E-state index in [-0.39, 0.29) is 18.5 Å². The second-order valence-electron chi connectivity index (χ2n) is 6.10. The van der Waals surface area contributed by atoms with E-state index in [2.05, 4.69) is 11.4 Å². The standard InChI is InChI=1S/C19H16N2O3/c22-17(20-16-10-9-12-5-1-2-6-13(12)16)11-21-18(23)14-7-3-4-8-15(14)19(21)24/h1-8,16H,9-11H2,(H,20,22). The van der Waals surface area contributed by atoms with Crippen molar-refractivity contribution in [2.24, 2.45) is 0 Å². The minimum atomic E-state index is -0.405. The predicted molar refractivity (Wildman–Crippen MR) is 87.5 cm³/mol. The summed E-state index contributed by atoms with van der Waals surface area (Å²) in [6.07, 6.45) is 1.77. The molecule has 0 aromatic heterocycles. The number of fused-ring (bicyclic) bond motifs is 2. The number of aryl methyl sites for hydroxylation is 1. The average Bonchev–Trinajstić information content (AvgIpc) is 3.11. The van der Waals surface area contributed by atoms with Crippen molar-refractivity contribution in [2.45, 2.75) is 18.9 Å². The fourth-order valence-electron chi connectivity index (χ4n) is 3.47. The van der Waals surface area contributed by atoms with Gasteiger partial charge in [-0.05, 0) is 36.1 Å². The first-order valence-electron chi connectivity index (χ1n) is 7.97. The highest BCUT2D eigenvalue weighted by Gasteiger charge is 2.36. The fourth-order valence-corrected chi connectivity index (χ4v) is 3.47. The summed E-state index contributed by atoms with van der Waals surface area (Å²) < 4.78 is 0. The van der Waals surface area contributed by atoms with Crippen LogP contribution in [0.25, 0.3) is 0 Å². The van der Waals surface area contributed by atoms with Crippen molar-refractivity contribution in [1.82, 2.24) is 10.2 Å². The van der Waals surface area contributed by atoms with E-state index in [1.54, 1.807) is 24.3 Å². The molecule has 3 amide bonds. The smallest absolute Gasteiger partial charge is 0.262 e. The van der Waals surface area contributed by atoms with Crippen molar-refractivity contribution in [1.29, 1.82) is 0 Å². The maximum atomic E-state index is 12.3. The van der Waals surface area contributed by atoms with Gasteiger partial charge in [0.25, 0.3) is 11.8 Å². The summed E-state index contributed by atoms with van der Waals surface area (Å²) in [7, 11) is 0. The third-order valence-corrected chi connectivity index (χ3v) is 4.65. The number of carbonyl (C=O) groups excluding carboxylic acids is 3. The van der Waals surface area contributed by atoms with Gasteiger partial charge in [-0.2, -0.15) is 0 Å². The Morgan fingerprint density at radius 2 is 1.62 bits per heavy atom. The van der Waals surface area contributed by atoms with Crippen LogP contribution in [0.5, 0.6) is 0 Å². The Labute approximate surface area is 139 Å². The lowest BCUT2D eigenvalue weighted by molar-refractivity contribution is -0.122. The summed E-state index contributed by atoms with van der Waals surface area (Å²) >= 11 is 0. The molecule has 2 aliphatic rings. The zero-order chi connectivity index (χ0) is 16.7. The van der Waals surface area contributed by atoms with Gasteiger partial charge in [0, 0.05) is 0 Å². The van der Waals surface area contributed by atoms with Crippen LogP contribution in [-0.4, -0.2) is 29.2 Å². The topological polar surface area (TPSA) is 66.5 Å². The van der Waals surface area contributed by atoms with Gasteiger partial charge in [-0.1, -0.05) is 36.4 Å². The lowest BCUT2D eigenvalue weighted by atomic mass is 10.1. The zero-order valence-electron chi connectivity index (χ0n) is 13.0. The molecule has 1 N–H and O–H groups in total. The molecule has 0 saturated heterocycles. The van der Waals surface area contributed by atoms with Crippen molar-refractivity contribution in [2.75, 3.05) is 6.54 Å². The van der Waals surface area contributed by atoms with Crippen molar-refractivity contribution < 1.29 is 14.4 Å². The van der Waals surface area contributed by atoms with Crippen molar-refractivity contribution >= 4 is 17.7 Å². The molecule has 1 aliphatic carbocycles. The molecule has 0 bridgehead atoms. The number of carbonyl (C=O) groups is 3. The van der Waals surface area contributed by atoms with E-state index in [9.17, 15) is 14.4 Å². The highest BCUT2D eigenvalue weighted by Crippen LogP contribution is 2.30. The van der Waals surface area contributed by atoms with E-state index < -0.39 is 11.8 Å². The molecule has 5 nitrogen and oxygen atoms in total. The molecule has 0 spiro atoms. The Morgan fingerprint density at radius 1 is 1.00 bits per heavy atom. The van der Waals surface area contributed by atoms with E-state index in [4.69, 9.17) is 0 Å². The van der Waals surface area contributed by atoms with E-state index in [0.29, 0.717) is 11.1 Å². The molecule has 0 saturated carbocycles. The summed E-state index contributed by atoms with van der Waals surface area (Å²) in [5, 5.41) is 2.94. The Balaban J connectivity index is 1.47. The molecule has 1 aliphatic heterocycles. The van der Waals surface area contributed by atoms with Crippen LogP contribution in [0.4, 0.5) is 0 Å². The van der Waals surface area contributed by atoms with Gasteiger partial charge in [-0.15, -0.1) is 0 Å². The average molecular weight is 320 g/mol. The summed E-state index contributed by atoms with van der Waals surface area (Å²) in [6.45, 7) is -0.245. The van der Waals surface area contributed by atoms with E-state index >= 15 is 0 Å². The number of nitrogens with zero attached hydrogens (tertiary/aromatic N) is 1. The lowest BCUT2D eigenvalue weighted by Crippen LogP contribution is -2.41. The van der Waals surface area contributed by atoms with E-state index in [1.807, 2.05) is 18.2 Å². The Kier molecular flexibility index (Phi) is 3.41. The molecule has 4 rings (SSSR count). The third-order valence-electron chi connectivity index (χ3n) is 4.65. The molecule has 0 radical (unpaired) electrons. The minimum absolute atomic E-state index is 0.0520. The highest BCUT2D eigenvalue weighted by atomic mass is 16.2. The summed E-state index contributed by atoms with van der Waals surface area (Å²) in [6, 6.07) is 14.6. The van der Waals surface area contributed by atoms with Gasteiger partial charge in [0.05, 0.1) is 17.2 Å². The maximum Gasteiger partial charge on any atom is 0.262 e. The first-order chi connectivity index (χ1) is 11.6. The number of imide groups is 1. The van der Waals surface area contributed by atoms with E-state index in [1.165, 1.54) is 5.56 Å². The molecular formula is C19H16N2O3. The SMILES string of the molecule is O=C(CN1C(=O)c2ccccc2C1=O)NC1CCc2ccccc21. The number of benzene rings is 2. The number of nitrogens with one attached hydrogen (secondary N) is 1. The van der Waals surface area contributed by atoms with Gasteiger partial charge in [0.2, 0.25) is 5.91 Å². The van der Waals surface area contributed by atoms with Crippen molar-refractivity contribution in [3.05, 3.63) is 70.8 Å². The van der Waals surface area contributed by atoms with Crippen molar-refractivity contribution in [3.63, 3.8) is 0 Å².